The zero-order valence-electron chi connectivity index (χ0n) is 13.9. The molecule has 1 aromatic carbocycles. The first-order valence-corrected chi connectivity index (χ1v) is 8.16. The van der Waals surface area contributed by atoms with E-state index >= 15 is 0 Å². The average molecular weight is 331 g/mol. The zero-order valence-corrected chi connectivity index (χ0v) is 13.9. The second kappa shape index (κ2) is 6.36. The molecule has 0 bridgehead atoms. The van der Waals surface area contributed by atoms with Crippen LogP contribution in [0, 0.1) is 0 Å². The van der Waals surface area contributed by atoms with Crippen LogP contribution in [-0.4, -0.2) is 54.5 Å². The van der Waals surface area contributed by atoms with Crippen LogP contribution in [0.2, 0.25) is 0 Å². The Labute approximate surface area is 140 Å². The number of carbonyl (C=O) groups excluding carboxylic acids is 3. The molecule has 6 nitrogen and oxygen atoms in total. The minimum atomic E-state index is -1.43. The summed E-state index contributed by atoms with van der Waals surface area (Å²) in [6, 6.07) is 6.92. The molecule has 1 fully saturated rings. The second-order valence-electron chi connectivity index (χ2n) is 6.14. The number of benzene rings is 1. The van der Waals surface area contributed by atoms with Gasteiger partial charge in [-0.15, -0.1) is 0 Å². The molecule has 0 amide bonds. The van der Waals surface area contributed by atoms with Crippen LogP contribution in [0.4, 0.5) is 0 Å². The molecule has 1 unspecified atom stereocenters. The van der Waals surface area contributed by atoms with E-state index in [0.717, 1.165) is 11.1 Å². The molecule has 0 aromatic heterocycles. The van der Waals surface area contributed by atoms with Crippen LogP contribution in [0.5, 0.6) is 0 Å². The van der Waals surface area contributed by atoms with E-state index in [0.29, 0.717) is 13.0 Å². The van der Waals surface area contributed by atoms with Crippen LogP contribution in [0.1, 0.15) is 24.5 Å². The minimum Gasteiger partial charge on any atom is -0.468 e. The number of methoxy groups -OCH3 is 1. The Hall–Kier alpha value is -2.21. The molecule has 1 aromatic rings. The van der Waals surface area contributed by atoms with Crippen LogP contribution >= 0.6 is 0 Å². The molecule has 2 heterocycles. The highest BCUT2D eigenvalue weighted by atomic mass is 16.5. The van der Waals surface area contributed by atoms with E-state index in [1.807, 2.05) is 24.3 Å². The molecule has 2 aliphatic heterocycles. The lowest BCUT2D eigenvalue weighted by Gasteiger charge is -2.36. The third-order valence-corrected chi connectivity index (χ3v) is 4.97. The third kappa shape index (κ3) is 2.41. The summed E-state index contributed by atoms with van der Waals surface area (Å²) in [6.07, 6.45) is 0.875. The van der Waals surface area contributed by atoms with E-state index in [9.17, 15) is 14.4 Å². The predicted octanol–water partition coefficient (Wildman–Crippen LogP) is 0.903. The first kappa shape index (κ1) is 16.6. The van der Waals surface area contributed by atoms with Crippen molar-refractivity contribution in [1.82, 2.24) is 4.90 Å². The maximum atomic E-state index is 12.8. The maximum Gasteiger partial charge on any atom is 0.334 e. The van der Waals surface area contributed by atoms with Crippen molar-refractivity contribution in [3.63, 3.8) is 0 Å². The Morgan fingerprint density at radius 2 is 2.00 bits per heavy atom. The molecule has 6 heteroatoms. The normalized spacial score (nSPS) is 26.2. The van der Waals surface area contributed by atoms with Gasteiger partial charge in [-0.3, -0.25) is 14.5 Å². The third-order valence-electron chi connectivity index (χ3n) is 4.97. The summed E-state index contributed by atoms with van der Waals surface area (Å²) in [5.74, 6) is -1.19. The van der Waals surface area contributed by atoms with Gasteiger partial charge >= 0.3 is 11.9 Å². The summed E-state index contributed by atoms with van der Waals surface area (Å²) in [5, 5.41) is 0. The van der Waals surface area contributed by atoms with Crippen molar-refractivity contribution in [3.8, 4) is 0 Å². The molecule has 128 valence electrons. The number of fused-ring (bicyclic) bond motifs is 2. The van der Waals surface area contributed by atoms with Crippen LogP contribution in [0.25, 0.3) is 0 Å². The van der Waals surface area contributed by atoms with Crippen molar-refractivity contribution >= 4 is 17.7 Å². The molecular formula is C18H21NO5. The van der Waals surface area contributed by atoms with Gasteiger partial charge < -0.3 is 9.47 Å². The summed E-state index contributed by atoms with van der Waals surface area (Å²) < 4.78 is 10.2. The molecule has 3 rings (SSSR count). The molecule has 0 aliphatic carbocycles. The number of Topliss-reactive ketones (excluding diaryl/α,β-unsaturated/α-hetero) is 1. The van der Waals surface area contributed by atoms with Gasteiger partial charge in [0.2, 0.25) is 0 Å². The number of rotatable bonds is 3. The fraction of sp³-hybridized carbons (Fsp3) is 0.500. The molecule has 0 spiro atoms. The first-order valence-electron chi connectivity index (χ1n) is 8.16. The van der Waals surface area contributed by atoms with Crippen LogP contribution in [0.3, 0.4) is 0 Å². The minimum absolute atomic E-state index is 0.187. The number of hydrogen-bond acceptors (Lipinski definition) is 6. The fourth-order valence-corrected chi connectivity index (χ4v) is 3.83. The number of esters is 2. The van der Waals surface area contributed by atoms with Crippen molar-refractivity contribution in [1.29, 1.82) is 0 Å². The number of ether oxygens (including phenoxy) is 2. The Morgan fingerprint density at radius 3 is 2.67 bits per heavy atom. The van der Waals surface area contributed by atoms with Crippen LogP contribution in [-0.2, 0) is 36.7 Å². The average Bonchev–Trinajstić information content (AvgIpc) is 2.82. The van der Waals surface area contributed by atoms with Crippen molar-refractivity contribution in [3.05, 3.63) is 35.4 Å². The van der Waals surface area contributed by atoms with Crippen molar-refractivity contribution in [2.24, 2.45) is 0 Å². The Balaban J connectivity index is 2.16. The maximum absolute atomic E-state index is 12.8. The summed E-state index contributed by atoms with van der Waals surface area (Å²) in [4.78, 5) is 39.6. The van der Waals surface area contributed by atoms with Gasteiger partial charge in [0.05, 0.1) is 13.7 Å². The van der Waals surface area contributed by atoms with Crippen molar-refractivity contribution in [2.45, 2.75) is 37.8 Å². The van der Waals surface area contributed by atoms with Gasteiger partial charge in [-0.2, -0.15) is 0 Å². The standard InChI is InChI=1S/C18H21NO5/c1-3-24-17(22)18-11-13-7-5-4-6-12(13)10-14(16(21)23-2)19(18)9-8-15(18)20/h4-7,14H,3,8-11H2,1-2H3/t14-,18?/m0/s1. The number of hydrogen-bond donors (Lipinski definition) is 0. The van der Waals surface area contributed by atoms with Crippen LogP contribution in [0.15, 0.2) is 24.3 Å². The van der Waals surface area contributed by atoms with Gasteiger partial charge in [0.1, 0.15) is 6.04 Å². The van der Waals surface area contributed by atoms with E-state index in [2.05, 4.69) is 0 Å². The van der Waals surface area contributed by atoms with Gasteiger partial charge in [0, 0.05) is 19.4 Å². The zero-order chi connectivity index (χ0) is 17.3. The molecular weight excluding hydrogens is 310 g/mol. The van der Waals surface area contributed by atoms with E-state index in [4.69, 9.17) is 9.47 Å². The lowest BCUT2D eigenvalue weighted by atomic mass is 9.86. The monoisotopic (exact) mass is 331 g/mol. The summed E-state index contributed by atoms with van der Waals surface area (Å²) in [7, 11) is 1.32. The molecule has 0 radical (unpaired) electrons. The highest BCUT2D eigenvalue weighted by Gasteiger charge is 2.59. The van der Waals surface area contributed by atoms with E-state index in [1.165, 1.54) is 7.11 Å². The van der Waals surface area contributed by atoms with Crippen molar-refractivity contribution < 1.29 is 23.9 Å². The molecule has 24 heavy (non-hydrogen) atoms. The largest absolute Gasteiger partial charge is 0.468 e. The molecule has 0 N–H and O–H groups in total. The molecule has 2 aliphatic rings. The van der Waals surface area contributed by atoms with Gasteiger partial charge in [0.25, 0.3) is 0 Å². The van der Waals surface area contributed by atoms with Gasteiger partial charge in [0.15, 0.2) is 11.3 Å². The first-order chi connectivity index (χ1) is 11.5. The smallest absolute Gasteiger partial charge is 0.334 e. The fourth-order valence-electron chi connectivity index (χ4n) is 3.83. The van der Waals surface area contributed by atoms with E-state index < -0.39 is 23.5 Å². The SMILES string of the molecule is CCOC(=O)C12Cc3ccccc3C[C@@H](C(=O)OC)N1CCC2=O. The molecule has 0 saturated carbocycles. The lowest BCUT2D eigenvalue weighted by Crippen LogP contribution is -2.61. The highest BCUT2D eigenvalue weighted by molar-refractivity contribution is 6.11. The highest BCUT2D eigenvalue weighted by Crippen LogP contribution is 2.38. The predicted molar refractivity (Wildman–Crippen MR) is 85.3 cm³/mol. The summed E-state index contributed by atoms with van der Waals surface area (Å²) in [5.41, 5.74) is 0.428. The summed E-state index contributed by atoms with van der Waals surface area (Å²) in [6.45, 7) is 2.25. The quantitative estimate of drug-likeness (QED) is 0.605. The van der Waals surface area contributed by atoms with Crippen molar-refractivity contribution in [2.75, 3.05) is 20.3 Å². The number of carbonyl (C=O) groups is 3. The van der Waals surface area contributed by atoms with Gasteiger partial charge in [-0.25, -0.2) is 4.79 Å². The van der Waals surface area contributed by atoms with Gasteiger partial charge in [-0.05, 0) is 24.5 Å². The Kier molecular flexibility index (Phi) is 4.41. The topological polar surface area (TPSA) is 72.9 Å². The summed E-state index contributed by atoms with van der Waals surface area (Å²) >= 11 is 0. The molecule has 1 saturated heterocycles. The Morgan fingerprint density at radius 1 is 1.29 bits per heavy atom. The van der Waals surface area contributed by atoms with E-state index in [-0.39, 0.29) is 25.2 Å². The second-order valence-corrected chi connectivity index (χ2v) is 6.14. The number of nitrogens with zero attached hydrogens (tertiary/aromatic N) is 1. The lowest BCUT2D eigenvalue weighted by molar-refractivity contribution is -0.164. The van der Waals surface area contributed by atoms with E-state index in [1.54, 1.807) is 11.8 Å². The Bertz CT molecular complexity index is 686. The number of ketones is 1. The van der Waals surface area contributed by atoms with Gasteiger partial charge in [-0.1, -0.05) is 24.3 Å². The molecule has 2 atom stereocenters. The van der Waals surface area contributed by atoms with Crippen LogP contribution < -0.4 is 0 Å².